The van der Waals surface area contributed by atoms with E-state index in [1.807, 2.05) is 13.0 Å². The molecule has 1 amide bonds. The fraction of sp³-hybridized carbons (Fsp3) is 0.120. The van der Waals surface area contributed by atoms with E-state index in [2.05, 4.69) is 27.9 Å². The zero-order valence-corrected chi connectivity index (χ0v) is 19.7. The number of anilines is 1. The standard InChI is InChI=1S/C25H19F2IN2O3/c1-2-32-23-13-17(11-18(14-29)25(31)30-22-6-4-3-5-20(22)27)12-21(28)24(23)33-15-16-7-9-19(26)10-8-16/h3-13H,2,15H2,1H3,(H,30,31)/b18-11-. The SMILES string of the molecule is CCOc1cc(/C=C(/C#N)C(=O)Nc2ccccc2F)cc(I)c1OCc1ccc(F)cc1. The van der Waals surface area contributed by atoms with Gasteiger partial charge in [0.1, 0.15) is 29.9 Å². The van der Waals surface area contributed by atoms with Crippen LogP contribution in [0.25, 0.3) is 6.08 Å². The van der Waals surface area contributed by atoms with Crippen LogP contribution in [0.4, 0.5) is 14.5 Å². The number of benzene rings is 3. The molecule has 0 heterocycles. The second-order valence-corrected chi connectivity index (χ2v) is 7.94. The van der Waals surface area contributed by atoms with E-state index < -0.39 is 11.7 Å². The molecule has 0 fully saturated rings. The molecule has 3 aromatic rings. The van der Waals surface area contributed by atoms with E-state index >= 15 is 0 Å². The molecule has 1 N–H and O–H groups in total. The summed E-state index contributed by atoms with van der Waals surface area (Å²) in [6.45, 7) is 2.40. The molecule has 0 bridgehead atoms. The molecule has 0 aliphatic rings. The lowest BCUT2D eigenvalue weighted by Crippen LogP contribution is -2.14. The molecule has 0 spiro atoms. The van der Waals surface area contributed by atoms with Crippen molar-refractivity contribution >= 4 is 40.3 Å². The lowest BCUT2D eigenvalue weighted by Gasteiger charge is -2.15. The van der Waals surface area contributed by atoms with E-state index in [0.29, 0.717) is 27.2 Å². The average Bonchev–Trinajstić information content (AvgIpc) is 2.79. The highest BCUT2D eigenvalue weighted by molar-refractivity contribution is 14.1. The topological polar surface area (TPSA) is 71.3 Å². The van der Waals surface area contributed by atoms with Crippen molar-refractivity contribution in [3.05, 3.63) is 92.6 Å². The smallest absolute Gasteiger partial charge is 0.266 e. The summed E-state index contributed by atoms with van der Waals surface area (Å²) in [6, 6.07) is 16.9. The molecule has 0 aliphatic heterocycles. The van der Waals surface area contributed by atoms with E-state index in [9.17, 15) is 18.8 Å². The third-order valence-electron chi connectivity index (χ3n) is 4.43. The van der Waals surface area contributed by atoms with Gasteiger partial charge in [0.15, 0.2) is 11.5 Å². The van der Waals surface area contributed by atoms with Gasteiger partial charge in [-0.15, -0.1) is 0 Å². The first kappa shape index (κ1) is 24.2. The van der Waals surface area contributed by atoms with Gasteiger partial charge < -0.3 is 14.8 Å². The van der Waals surface area contributed by atoms with Crippen LogP contribution in [0.1, 0.15) is 18.1 Å². The van der Waals surface area contributed by atoms with Crippen LogP contribution in [0.2, 0.25) is 0 Å². The van der Waals surface area contributed by atoms with Crippen LogP contribution in [0.3, 0.4) is 0 Å². The van der Waals surface area contributed by atoms with Crippen molar-refractivity contribution in [3.8, 4) is 17.6 Å². The third-order valence-corrected chi connectivity index (χ3v) is 5.23. The normalized spacial score (nSPS) is 10.9. The molecule has 0 aliphatic carbocycles. The summed E-state index contributed by atoms with van der Waals surface area (Å²) in [5.41, 5.74) is 1.11. The van der Waals surface area contributed by atoms with Crippen LogP contribution in [0.15, 0.2) is 66.2 Å². The summed E-state index contributed by atoms with van der Waals surface area (Å²) < 4.78 is 39.2. The van der Waals surface area contributed by atoms with Crippen LogP contribution in [0, 0.1) is 26.5 Å². The number of nitrogens with one attached hydrogen (secondary N) is 1. The Balaban J connectivity index is 1.85. The van der Waals surface area contributed by atoms with E-state index in [0.717, 1.165) is 5.56 Å². The van der Waals surface area contributed by atoms with Gasteiger partial charge in [-0.25, -0.2) is 8.78 Å². The summed E-state index contributed by atoms with van der Waals surface area (Å²) in [4.78, 5) is 12.5. The van der Waals surface area contributed by atoms with Gasteiger partial charge in [0, 0.05) is 0 Å². The minimum atomic E-state index is -0.729. The maximum Gasteiger partial charge on any atom is 0.266 e. The van der Waals surface area contributed by atoms with Crippen LogP contribution < -0.4 is 14.8 Å². The summed E-state index contributed by atoms with van der Waals surface area (Å²) in [5, 5.41) is 11.9. The number of para-hydroxylation sites is 1. The van der Waals surface area contributed by atoms with E-state index in [1.54, 1.807) is 30.3 Å². The van der Waals surface area contributed by atoms with E-state index in [4.69, 9.17) is 9.47 Å². The Kier molecular flexibility index (Phi) is 8.38. The molecule has 33 heavy (non-hydrogen) atoms. The summed E-state index contributed by atoms with van der Waals surface area (Å²) in [6.07, 6.45) is 1.39. The number of nitriles is 1. The van der Waals surface area contributed by atoms with Crippen LogP contribution in [-0.2, 0) is 11.4 Å². The second-order valence-electron chi connectivity index (χ2n) is 6.78. The predicted octanol–water partition coefficient (Wildman–Crippen LogP) is 6.09. The summed E-state index contributed by atoms with van der Waals surface area (Å²) in [7, 11) is 0. The molecule has 8 heteroatoms. The maximum atomic E-state index is 13.8. The maximum absolute atomic E-state index is 13.8. The number of carbonyl (C=O) groups is 1. The fourth-order valence-corrected chi connectivity index (χ4v) is 3.66. The van der Waals surface area contributed by atoms with Gasteiger partial charge in [-0.05, 0) is 83.1 Å². The Morgan fingerprint density at radius 2 is 1.85 bits per heavy atom. The molecule has 3 rings (SSSR count). The van der Waals surface area contributed by atoms with Gasteiger partial charge in [-0.3, -0.25) is 4.79 Å². The van der Waals surface area contributed by atoms with Crippen molar-refractivity contribution in [2.45, 2.75) is 13.5 Å². The van der Waals surface area contributed by atoms with Gasteiger partial charge >= 0.3 is 0 Å². The Morgan fingerprint density at radius 1 is 1.12 bits per heavy atom. The highest BCUT2D eigenvalue weighted by atomic mass is 127. The zero-order chi connectivity index (χ0) is 23.8. The van der Waals surface area contributed by atoms with E-state index in [1.165, 1.54) is 36.4 Å². The van der Waals surface area contributed by atoms with Gasteiger partial charge in [-0.2, -0.15) is 5.26 Å². The highest BCUT2D eigenvalue weighted by Gasteiger charge is 2.15. The van der Waals surface area contributed by atoms with Crippen LogP contribution in [0.5, 0.6) is 11.5 Å². The summed E-state index contributed by atoms with van der Waals surface area (Å²) >= 11 is 2.07. The Hall–Kier alpha value is -3.45. The quantitative estimate of drug-likeness (QED) is 0.206. The lowest BCUT2D eigenvalue weighted by molar-refractivity contribution is -0.112. The number of rotatable bonds is 8. The van der Waals surface area contributed by atoms with E-state index in [-0.39, 0.29) is 23.7 Å². The van der Waals surface area contributed by atoms with Crippen molar-refractivity contribution in [3.63, 3.8) is 0 Å². The molecule has 0 radical (unpaired) electrons. The van der Waals surface area contributed by atoms with Gasteiger partial charge in [0.05, 0.1) is 15.9 Å². The van der Waals surface area contributed by atoms with Crippen molar-refractivity contribution in [2.24, 2.45) is 0 Å². The van der Waals surface area contributed by atoms with Crippen LogP contribution in [-0.4, -0.2) is 12.5 Å². The molecule has 5 nitrogen and oxygen atoms in total. The number of hydrogen-bond acceptors (Lipinski definition) is 4. The highest BCUT2D eigenvalue weighted by Crippen LogP contribution is 2.35. The molecular formula is C25H19F2IN2O3. The van der Waals surface area contributed by atoms with Crippen molar-refractivity contribution in [1.29, 1.82) is 5.26 Å². The van der Waals surface area contributed by atoms with Crippen LogP contribution >= 0.6 is 22.6 Å². The lowest BCUT2D eigenvalue weighted by atomic mass is 10.1. The Morgan fingerprint density at radius 3 is 2.52 bits per heavy atom. The molecule has 0 saturated heterocycles. The molecule has 0 aromatic heterocycles. The fourth-order valence-electron chi connectivity index (χ4n) is 2.88. The molecule has 0 saturated carbocycles. The van der Waals surface area contributed by atoms with Gasteiger partial charge in [0.25, 0.3) is 5.91 Å². The number of halogens is 3. The molecule has 168 valence electrons. The van der Waals surface area contributed by atoms with Gasteiger partial charge in [-0.1, -0.05) is 24.3 Å². The Bertz CT molecular complexity index is 1220. The van der Waals surface area contributed by atoms with Gasteiger partial charge in [0.2, 0.25) is 0 Å². The number of carbonyl (C=O) groups excluding carboxylic acids is 1. The van der Waals surface area contributed by atoms with Crippen molar-refractivity contribution < 1.29 is 23.0 Å². The third kappa shape index (κ3) is 6.52. The first-order valence-corrected chi connectivity index (χ1v) is 11.0. The molecule has 3 aromatic carbocycles. The molecule has 0 unspecified atom stereocenters. The number of hydrogen-bond donors (Lipinski definition) is 1. The average molecular weight is 560 g/mol. The summed E-state index contributed by atoms with van der Waals surface area (Å²) in [5.74, 6) is -0.726. The van der Waals surface area contributed by atoms with Crippen molar-refractivity contribution in [1.82, 2.24) is 0 Å². The molecular weight excluding hydrogens is 541 g/mol. The first-order valence-electron chi connectivity index (χ1n) is 9.92. The minimum absolute atomic E-state index is 0.0159. The molecule has 0 atom stereocenters. The Labute approximate surface area is 203 Å². The zero-order valence-electron chi connectivity index (χ0n) is 17.6. The number of ether oxygens (including phenoxy) is 2. The number of nitrogens with zero attached hydrogens (tertiary/aromatic N) is 1. The predicted molar refractivity (Wildman–Crippen MR) is 130 cm³/mol. The van der Waals surface area contributed by atoms with Crippen molar-refractivity contribution in [2.75, 3.05) is 11.9 Å². The number of amides is 1. The largest absolute Gasteiger partial charge is 0.490 e. The first-order chi connectivity index (χ1) is 15.9. The minimum Gasteiger partial charge on any atom is -0.490 e. The monoisotopic (exact) mass is 560 g/mol. The second kappa shape index (κ2) is 11.4.